The Kier molecular flexibility index (Phi) is 4.61. The van der Waals surface area contributed by atoms with Crippen molar-refractivity contribution in [3.63, 3.8) is 0 Å². The first-order valence-electron chi connectivity index (χ1n) is 6.82. The van der Waals surface area contributed by atoms with Crippen LogP contribution in [0.5, 0.6) is 5.75 Å². The molecule has 1 atom stereocenters. The van der Waals surface area contributed by atoms with Crippen molar-refractivity contribution in [2.45, 2.75) is 25.8 Å². The fourth-order valence-corrected chi connectivity index (χ4v) is 2.68. The Balaban J connectivity index is 2.11. The van der Waals surface area contributed by atoms with Gasteiger partial charge in [0.05, 0.1) is 7.11 Å². The van der Waals surface area contributed by atoms with Gasteiger partial charge in [0.1, 0.15) is 5.75 Å². The molecule has 1 saturated heterocycles. The summed E-state index contributed by atoms with van der Waals surface area (Å²) in [7, 11) is 1.71. The van der Waals surface area contributed by atoms with Crippen LogP contribution in [-0.2, 0) is 0 Å². The molecule has 0 amide bonds. The first-order chi connectivity index (χ1) is 8.74. The Bertz CT molecular complexity index is 373. The molecular formula is C15H24N2O. The molecule has 3 heteroatoms. The maximum atomic E-state index is 5.98. The fourth-order valence-electron chi connectivity index (χ4n) is 2.68. The average molecular weight is 248 g/mol. The third-order valence-electron chi connectivity index (χ3n) is 3.96. The molecule has 1 fully saturated rings. The Hall–Kier alpha value is -1.06. The van der Waals surface area contributed by atoms with E-state index in [1.807, 2.05) is 12.1 Å². The predicted octanol–water partition coefficient (Wildman–Crippen LogP) is 2.43. The van der Waals surface area contributed by atoms with Crippen LogP contribution < -0.4 is 10.5 Å². The monoisotopic (exact) mass is 248 g/mol. The van der Waals surface area contributed by atoms with E-state index in [0.717, 1.165) is 24.8 Å². The summed E-state index contributed by atoms with van der Waals surface area (Å²) in [5.41, 5.74) is 7.25. The Labute approximate surface area is 110 Å². The van der Waals surface area contributed by atoms with Gasteiger partial charge >= 0.3 is 0 Å². The summed E-state index contributed by atoms with van der Waals surface area (Å²) in [6, 6.07) is 8.61. The molecule has 0 spiro atoms. The van der Waals surface area contributed by atoms with Crippen LogP contribution in [0.1, 0.15) is 31.4 Å². The number of hydrogen-bond donors (Lipinski definition) is 1. The van der Waals surface area contributed by atoms with E-state index in [9.17, 15) is 0 Å². The molecule has 2 N–H and O–H groups in total. The van der Waals surface area contributed by atoms with Crippen molar-refractivity contribution in [1.29, 1.82) is 0 Å². The van der Waals surface area contributed by atoms with Gasteiger partial charge in [-0.15, -0.1) is 0 Å². The van der Waals surface area contributed by atoms with Crippen LogP contribution in [0.4, 0.5) is 0 Å². The first-order valence-corrected chi connectivity index (χ1v) is 6.82. The lowest BCUT2D eigenvalue weighted by molar-refractivity contribution is 0.141. The molecule has 2 rings (SSSR count). The molecular weight excluding hydrogens is 224 g/mol. The highest BCUT2D eigenvalue weighted by atomic mass is 16.5. The summed E-state index contributed by atoms with van der Waals surface area (Å²) in [4.78, 5) is 2.51. The van der Waals surface area contributed by atoms with Crippen molar-refractivity contribution in [2.75, 3.05) is 26.7 Å². The largest absolute Gasteiger partial charge is 0.497 e. The normalized spacial score (nSPS) is 19.7. The van der Waals surface area contributed by atoms with Crippen molar-refractivity contribution in [1.82, 2.24) is 4.90 Å². The summed E-state index contributed by atoms with van der Waals surface area (Å²) in [5, 5.41) is 0. The number of likely N-dealkylation sites (tertiary alicyclic amines) is 1. The lowest BCUT2D eigenvalue weighted by Gasteiger charge is -2.36. The van der Waals surface area contributed by atoms with E-state index in [4.69, 9.17) is 10.5 Å². The highest BCUT2D eigenvalue weighted by Gasteiger charge is 2.23. The van der Waals surface area contributed by atoms with Gasteiger partial charge in [-0.25, -0.2) is 0 Å². The van der Waals surface area contributed by atoms with E-state index in [1.165, 1.54) is 18.4 Å². The smallest absolute Gasteiger partial charge is 0.119 e. The quantitative estimate of drug-likeness (QED) is 0.889. The third kappa shape index (κ3) is 3.03. The third-order valence-corrected chi connectivity index (χ3v) is 3.96. The molecule has 3 nitrogen and oxygen atoms in total. The molecule has 0 saturated carbocycles. The van der Waals surface area contributed by atoms with Gasteiger partial charge in [0.15, 0.2) is 0 Å². The van der Waals surface area contributed by atoms with E-state index in [2.05, 4.69) is 24.0 Å². The fraction of sp³-hybridized carbons (Fsp3) is 0.600. The minimum atomic E-state index is 0.326. The highest BCUT2D eigenvalue weighted by molar-refractivity contribution is 5.30. The zero-order chi connectivity index (χ0) is 13.0. The Morgan fingerprint density at radius 2 is 2.11 bits per heavy atom. The van der Waals surface area contributed by atoms with Crippen LogP contribution in [-0.4, -0.2) is 31.6 Å². The van der Waals surface area contributed by atoms with Crippen LogP contribution in [0.15, 0.2) is 24.3 Å². The second-order valence-corrected chi connectivity index (χ2v) is 5.25. The van der Waals surface area contributed by atoms with Gasteiger partial charge in [0, 0.05) is 12.6 Å². The number of ether oxygens (including phenoxy) is 1. The molecule has 1 heterocycles. The number of methoxy groups -OCH3 is 1. The van der Waals surface area contributed by atoms with E-state index in [-0.39, 0.29) is 0 Å². The van der Waals surface area contributed by atoms with Gasteiger partial charge in [-0.1, -0.05) is 19.1 Å². The predicted molar refractivity (Wildman–Crippen MR) is 74.8 cm³/mol. The Morgan fingerprint density at radius 3 is 2.72 bits per heavy atom. The summed E-state index contributed by atoms with van der Waals surface area (Å²) in [6.07, 6.45) is 2.56. The Morgan fingerprint density at radius 1 is 1.39 bits per heavy atom. The second-order valence-electron chi connectivity index (χ2n) is 5.25. The number of hydrogen-bond acceptors (Lipinski definition) is 3. The van der Waals surface area contributed by atoms with Crippen molar-refractivity contribution in [2.24, 2.45) is 11.7 Å². The second kappa shape index (κ2) is 6.21. The minimum Gasteiger partial charge on any atom is -0.497 e. The van der Waals surface area contributed by atoms with Gasteiger partial charge in [-0.05, 0) is 49.5 Å². The van der Waals surface area contributed by atoms with Crippen molar-refractivity contribution in [3.05, 3.63) is 29.8 Å². The molecule has 100 valence electrons. The van der Waals surface area contributed by atoms with Crippen LogP contribution in [0.25, 0.3) is 0 Å². The first kappa shape index (κ1) is 13.4. The zero-order valence-electron chi connectivity index (χ0n) is 11.4. The number of nitrogens with zero attached hydrogens (tertiary/aromatic N) is 1. The van der Waals surface area contributed by atoms with E-state index in [1.54, 1.807) is 7.11 Å². The van der Waals surface area contributed by atoms with E-state index < -0.39 is 0 Å². The van der Waals surface area contributed by atoms with Crippen molar-refractivity contribution < 1.29 is 4.74 Å². The average Bonchev–Trinajstić information content (AvgIpc) is 2.42. The molecule has 1 aromatic rings. The summed E-state index contributed by atoms with van der Waals surface area (Å²) < 4.78 is 5.29. The number of benzene rings is 1. The van der Waals surface area contributed by atoms with Gasteiger partial charge in [-0.3, -0.25) is 4.90 Å². The molecule has 0 radical (unpaired) electrons. The van der Waals surface area contributed by atoms with Gasteiger partial charge in [0.25, 0.3) is 0 Å². The standard InChI is InChI=1S/C15H24N2O/c1-12-6-8-17(9-7-12)15(11-16)13-4-3-5-14(10-13)18-2/h3-5,10,12,15H,6-9,11,16H2,1-2H3/t15-/m0/s1. The molecule has 1 aromatic carbocycles. The molecule has 0 unspecified atom stereocenters. The minimum absolute atomic E-state index is 0.326. The molecule has 0 aliphatic carbocycles. The molecule has 1 aliphatic heterocycles. The number of nitrogens with two attached hydrogens (primary N) is 1. The van der Waals surface area contributed by atoms with Gasteiger partial charge in [0.2, 0.25) is 0 Å². The summed E-state index contributed by atoms with van der Waals surface area (Å²) in [6.45, 7) is 5.31. The summed E-state index contributed by atoms with van der Waals surface area (Å²) in [5.74, 6) is 1.77. The maximum Gasteiger partial charge on any atom is 0.119 e. The SMILES string of the molecule is COc1cccc([C@H](CN)N2CCC(C)CC2)c1. The topological polar surface area (TPSA) is 38.5 Å². The summed E-state index contributed by atoms with van der Waals surface area (Å²) >= 11 is 0. The van der Waals surface area contributed by atoms with Crippen LogP contribution in [0, 0.1) is 5.92 Å². The van der Waals surface area contributed by atoms with Gasteiger partial charge < -0.3 is 10.5 Å². The van der Waals surface area contributed by atoms with Crippen LogP contribution in [0.2, 0.25) is 0 Å². The van der Waals surface area contributed by atoms with Gasteiger partial charge in [-0.2, -0.15) is 0 Å². The number of rotatable bonds is 4. The highest BCUT2D eigenvalue weighted by Crippen LogP contribution is 2.27. The van der Waals surface area contributed by atoms with E-state index in [0.29, 0.717) is 12.6 Å². The maximum absolute atomic E-state index is 5.98. The molecule has 1 aliphatic rings. The molecule has 18 heavy (non-hydrogen) atoms. The van der Waals surface area contributed by atoms with Crippen LogP contribution in [0.3, 0.4) is 0 Å². The zero-order valence-corrected chi connectivity index (χ0v) is 11.4. The molecule has 0 aromatic heterocycles. The lowest BCUT2D eigenvalue weighted by Crippen LogP contribution is -2.39. The number of piperidine rings is 1. The van der Waals surface area contributed by atoms with Crippen molar-refractivity contribution >= 4 is 0 Å². The van der Waals surface area contributed by atoms with Crippen molar-refractivity contribution in [3.8, 4) is 5.75 Å². The van der Waals surface area contributed by atoms with Crippen LogP contribution >= 0.6 is 0 Å². The molecule has 0 bridgehead atoms. The van der Waals surface area contributed by atoms with E-state index >= 15 is 0 Å². The lowest BCUT2D eigenvalue weighted by atomic mass is 9.96.